The fourth-order valence-corrected chi connectivity index (χ4v) is 2.70. The van der Waals surface area contributed by atoms with Gasteiger partial charge in [0, 0.05) is 10.5 Å². The highest BCUT2D eigenvalue weighted by molar-refractivity contribution is 9.10. The Balaban J connectivity index is 2.21. The zero-order valence-electron chi connectivity index (χ0n) is 10.6. The van der Waals surface area contributed by atoms with Crippen LogP contribution in [0.4, 0.5) is 5.69 Å². The number of hydrogen-bond acceptors (Lipinski definition) is 3. The maximum absolute atomic E-state index is 12.5. The van der Waals surface area contributed by atoms with E-state index in [1.54, 1.807) is 36.4 Å². The third kappa shape index (κ3) is 1.82. The van der Waals surface area contributed by atoms with Crippen molar-refractivity contribution in [3.8, 4) is 5.75 Å². The Kier molecular flexibility index (Phi) is 3.06. The van der Waals surface area contributed by atoms with Crippen LogP contribution in [0.15, 0.2) is 46.9 Å². The molecule has 2 aromatic carbocycles. The van der Waals surface area contributed by atoms with Crippen LogP contribution in [0.3, 0.4) is 0 Å². The van der Waals surface area contributed by atoms with Crippen molar-refractivity contribution in [3.05, 3.63) is 63.3 Å². The number of nitrogens with zero attached hydrogens (tertiary/aromatic N) is 1. The van der Waals surface area contributed by atoms with Gasteiger partial charge in [-0.25, -0.2) is 0 Å². The van der Waals surface area contributed by atoms with Crippen LogP contribution in [-0.4, -0.2) is 23.3 Å². The van der Waals surface area contributed by atoms with Gasteiger partial charge in [-0.3, -0.25) is 4.79 Å². The predicted octanol–water partition coefficient (Wildman–Crippen LogP) is 3.29. The van der Waals surface area contributed by atoms with Gasteiger partial charge in [-0.1, -0.05) is 28.1 Å². The van der Waals surface area contributed by atoms with E-state index in [-0.39, 0.29) is 11.5 Å². The summed E-state index contributed by atoms with van der Waals surface area (Å²) in [6.07, 6.45) is 0. The Morgan fingerprint density at radius 3 is 2.65 bits per heavy atom. The SMILES string of the molecule is COc1cccc2c1C(=O)C(c1cccc(Br)c1)=[N+]2[O-]. The van der Waals surface area contributed by atoms with Crippen LogP contribution >= 0.6 is 15.9 Å². The molecule has 0 unspecified atom stereocenters. The lowest BCUT2D eigenvalue weighted by molar-refractivity contribution is -0.355. The summed E-state index contributed by atoms with van der Waals surface area (Å²) in [6.45, 7) is 0. The largest absolute Gasteiger partial charge is 0.618 e. The average Bonchev–Trinajstić information content (AvgIpc) is 2.71. The van der Waals surface area contributed by atoms with Crippen LogP contribution in [0.1, 0.15) is 15.9 Å². The standard InChI is InChI=1S/C15H10BrNO3/c1-20-12-7-3-6-11-13(12)15(18)14(17(11)19)9-4-2-5-10(16)8-9/h2-8H,1H3. The van der Waals surface area contributed by atoms with Gasteiger partial charge in [0.05, 0.1) is 12.7 Å². The summed E-state index contributed by atoms with van der Waals surface area (Å²) in [5.74, 6) is 0.101. The second-order valence-electron chi connectivity index (χ2n) is 4.34. The van der Waals surface area contributed by atoms with Crippen molar-refractivity contribution in [2.24, 2.45) is 0 Å². The molecule has 0 fully saturated rings. The number of carbonyl (C=O) groups excluding carboxylic acids is 1. The van der Waals surface area contributed by atoms with E-state index >= 15 is 0 Å². The molecule has 0 saturated heterocycles. The Labute approximate surface area is 124 Å². The van der Waals surface area contributed by atoms with Gasteiger partial charge in [-0.2, -0.15) is 4.74 Å². The first kappa shape index (κ1) is 12.9. The molecule has 0 spiro atoms. The summed E-state index contributed by atoms with van der Waals surface area (Å²) < 4.78 is 6.66. The molecule has 0 atom stereocenters. The van der Waals surface area contributed by atoms with Crippen LogP contribution in [0.5, 0.6) is 5.75 Å². The van der Waals surface area contributed by atoms with Gasteiger partial charge in [0.15, 0.2) is 0 Å². The van der Waals surface area contributed by atoms with Gasteiger partial charge in [0.25, 0.3) is 11.5 Å². The molecule has 0 aliphatic carbocycles. The number of hydrogen-bond donors (Lipinski definition) is 0. The third-order valence-corrected chi connectivity index (χ3v) is 3.68. The first-order valence-corrected chi connectivity index (χ1v) is 6.74. The van der Waals surface area contributed by atoms with Crippen molar-refractivity contribution < 1.29 is 14.3 Å². The highest BCUT2D eigenvalue weighted by Crippen LogP contribution is 2.35. The summed E-state index contributed by atoms with van der Waals surface area (Å²) in [5.41, 5.74) is 1.34. The lowest BCUT2D eigenvalue weighted by Gasteiger charge is -2.03. The quantitative estimate of drug-likeness (QED) is 0.626. The molecule has 2 aromatic rings. The molecule has 0 amide bonds. The molecule has 0 radical (unpaired) electrons. The Hall–Kier alpha value is -2.14. The Morgan fingerprint density at radius 2 is 1.95 bits per heavy atom. The smallest absolute Gasteiger partial charge is 0.273 e. The average molecular weight is 332 g/mol. The van der Waals surface area contributed by atoms with E-state index in [1.165, 1.54) is 7.11 Å². The molecule has 1 aliphatic rings. The number of ether oxygens (including phenoxy) is 1. The van der Waals surface area contributed by atoms with Gasteiger partial charge in [0.2, 0.25) is 5.69 Å². The highest BCUT2D eigenvalue weighted by Gasteiger charge is 2.39. The number of fused-ring (bicyclic) bond motifs is 1. The van der Waals surface area contributed by atoms with E-state index in [4.69, 9.17) is 4.74 Å². The van der Waals surface area contributed by atoms with E-state index in [1.807, 2.05) is 6.07 Å². The minimum Gasteiger partial charge on any atom is -0.618 e. The third-order valence-electron chi connectivity index (χ3n) is 3.19. The molecular formula is C15H10BrNO3. The number of benzene rings is 2. The maximum Gasteiger partial charge on any atom is 0.273 e. The van der Waals surface area contributed by atoms with Gasteiger partial charge in [-0.05, 0) is 24.3 Å². The van der Waals surface area contributed by atoms with Crippen molar-refractivity contribution in [2.75, 3.05) is 7.11 Å². The highest BCUT2D eigenvalue weighted by atomic mass is 79.9. The summed E-state index contributed by atoms with van der Waals surface area (Å²) in [7, 11) is 1.48. The van der Waals surface area contributed by atoms with Crippen molar-refractivity contribution in [1.82, 2.24) is 0 Å². The number of halogens is 1. The molecule has 4 nitrogen and oxygen atoms in total. The second-order valence-corrected chi connectivity index (χ2v) is 5.25. The summed E-state index contributed by atoms with van der Waals surface area (Å²) in [5, 5.41) is 12.4. The van der Waals surface area contributed by atoms with E-state index in [0.29, 0.717) is 27.3 Å². The molecule has 1 aliphatic heterocycles. The topological polar surface area (TPSA) is 52.4 Å². The van der Waals surface area contributed by atoms with Crippen molar-refractivity contribution in [1.29, 1.82) is 0 Å². The first-order chi connectivity index (χ1) is 9.63. The zero-order valence-corrected chi connectivity index (χ0v) is 12.2. The number of methoxy groups -OCH3 is 1. The number of carbonyl (C=O) groups is 1. The monoisotopic (exact) mass is 331 g/mol. The first-order valence-electron chi connectivity index (χ1n) is 5.95. The number of ketones is 1. The fraction of sp³-hybridized carbons (Fsp3) is 0.0667. The van der Waals surface area contributed by atoms with Gasteiger partial charge >= 0.3 is 0 Å². The summed E-state index contributed by atoms with van der Waals surface area (Å²) in [6, 6.07) is 12.1. The van der Waals surface area contributed by atoms with E-state index in [2.05, 4.69) is 15.9 Å². The lowest BCUT2D eigenvalue weighted by Crippen LogP contribution is -2.16. The molecule has 0 N–H and O–H groups in total. The molecule has 3 rings (SSSR count). The normalized spacial score (nSPS) is 13.6. The summed E-state index contributed by atoms with van der Waals surface area (Å²) in [4.78, 5) is 12.5. The molecule has 20 heavy (non-hydrogen) atoms. The molecule has 0 aromatic heterocycles. The minimum absolute atomic E-state index is 0.116. The minimum atomic E-state index is -0.314. The number of rotatable bonds is 2. The predicted molar refractivity (Wildman–Crippen MR) is 78.9 cm³/mol. The summed E-state index contributed by atoms with van der Waals surface area (Å²) >= 11 is 3.34. The fourth-order valence-electron chi connectivity index (χ4n) is 2.30. The number of Topliss-reactive ketones (excluding diaryl/α,β-unsaturated/α-hetero) is 1. The van der Waals surface area contributed by atoms with Crippen LogP contribution < -0.4 is 4.74 Å². The molecule has 0 saturated carbocycles. The van der Waals surface area contributed by atoms with Gasteiger partial charge in [0.1, 0.15) is 11.3 Å². The Bertz CT molecular complexity index is 753. The van der Waals surface area contributed by atoms with Crippen LogP contribution in [-0.2, 0) is 0 Å². The van der Waals surface area contributed by atoms with Crippen LogP contribution in [0.2, 0.25) is 0 Å². The lowest BCUT2D eigenvalue weighted by atomic mass is 10.0. The van der Waals surface area contributed by atoms with E-state index < -0.39 is 0 Å². The van der Waals surface area contributed by atoms with Gasteiger partial charge in [-0.15, -0.1) is 0 Å². The molecular weight excluding hydrogens is 322 g/mol. The van der Waals surface area contributed by atoms with Crippen molar-refractivity contribution >= 4 is 33.1 Å². The van der Waals surface area contributed by atoms with E-state index in [0.717, 1.165) is 4.47 Å². The van der Waals surface area contributed by atoms with E-state index in [9.17, 15) is 10.0 Å². The van der Waals surface area contributed by atoms with Gasteiger partial charge < -0.3 is 9.94 Å². The molecule has 5 heteroatoms. The molecule has 1 heterocycles. The molecule has 0 bridgehead atoms. The van der Waals surface area contributed by atoms with Crippen LogP contribution in [0.25, 0.3) is 0 Å². The van der Waals surface area contributed by atoms with Crippen LogP contribution in [0, 0.1) is 5.21 Å². The zero-order chi connectivity index (χ0) is 14.3. The molecule has 100 valence electrons. The van der Waals surface area contributed by atoms with Crippen molar-refractivity contribution in [3.63, 3.8) is 0 Å². The van der Waals surface area contributed by atoms with Crippen molar-refractivity contribution in [2.45, 2.75) is 0 Å². The Morgan fingerprint density at radius 1 is 1.20 bits per heavy atom. The second kappa shape index (κ2) is 4.76. The maximum atomic E-state index is 12.5.